The number of hydrogen-bond acceptors (Lipinski definition) is 5. The molecule has 1 fully saturated rings. The second-order valence-corrected chi connectivity index (χ2v) is 9.58. The molecular formula is C33H60N4O3. The highest BCUT2D eigenvalue weighted by molar-refractivity contribution is 5.95. The maximum absolute atomic E-state index is 12.2. The number of furan rings is 1. The van der Waals surface area contributed by atoms with Crippen molar-refractivity contribution in [2.45, 2.75) is 95.0 Å². The first-order chi connectivity index (χ1) is 19.3. The lowest BCUT2D eigenvalue weighted by Gasteiger charge is -2.18. The Kier molecular flexibility index (Phi) is 22.8. The smallest absolute Gasteiger partial charge is 0.287 e. The van der Waals surface area contributed by atoms with Gasteiger partial charge in [0.05, 0.1) is 6.20 Å². The number of nitrogens with zero attached hydrogens (tertiary/aromatic N) is 3. The average molecular weight is 561 g/mol. The topological polar surface area (TPSA) is 83.5 Å². The predicted molar refractivity (Wildman–Crippen MR) is 172 cm³/mol. The first-order valence-electron chi connectivity index (χ1n) is 15.1. The third-order valence-corrected chi connectivity index (χ3v) is 6.60. The van der Waals surface area contributed by atoms with Gasteiger partial charge in [0.2, 0.25) is 0 Å². The third kappa shape index (κ3) is 14.1. The summed E-state index contributed by atoms with van der Waals surface area (Å²) in [6.45, 7) is 25.0. The van der Waals surface area contributed by atoms with Gasteiger partial charge in [0.25, 0.3) is 5.91 Å². The lowest BCUT2D eigenvalue weighted by molar-refractivity contribution is 0.0924. The van der Waals surface area contributed by atoms with E-state index in [1.807, 2.05) is 33.8 Å². The summed E-state index contributed by atoms with van der Waals surface area (Å²) in [6, 6.07) is 7.80. The molecule has 7 nitrogen and oxygen atoms in total. The van der Waals surface area contributed by atoms with Gasteiger partial charge in [-0.25, -0.2) is 0 Å². The average Bonchev–Trinajstić information content (AvgIpc) is 3.28. The van der Waals surface area contributed by atoms with Crippen LogP contribution in [0.15, 0.2) is 47.3 Å². The predicted octanol–water partition coefficient (Wildman–Crippen LogP) is 7.82. The van der Waals surface area contributed by atoms with E-state index in [0.29, 0.717) is 22.7 Å². The fourth-order valence-electron chi connectivity index (χ4n) is 3.89. The third-order valence-electron chi connectivity index (χ3n) is 6.60. The molecule has 0 spiro atoms. The van der Waals surface area contributed by atoms with Crippen LogP contribution < -0.4 is 5.32 Å². The van der Waals surface area contributed by atoms with Crippen LogP contribution in [-0.4, -0.2) is 59.3 Å². The molecule has 1 amide bonds. The molecule has 230 valence electrons. The molecule has 3 heterocycles. The summed E-state index contributed by atoms with van der Waals surface area (Å²) in [4.78, 5) is 18.6. The van der Waals surface area contributed by atoms with Gasteiger partial charge in [-0.15, -0.1) is 0 Å². The number of nitrogens with one attached hydrogen (secondary N) is 1. The first kappa shape index (κ1) is 39.5. The highest BCUT2D eigenvalue weighted by Crippen LogP contribution is 2.54. The van der Waals surface area contributed by atoms with Crippen molar-refractivity contribution in [2.75, 3.05) is 33.8 Å². The quantitative estimate of drug-likeness (QED) is 0.293. The monoisotopic (exact) mass is 560 g/mol. The van der Waals surface area contributed by atoms with E-state index in [1.54, 1.807) is 18.5 Å². The largest absolute Gasteiger partial charge is 0.449 e. The summed E-state index contributed by atoms with van der Waals surface area (Å²) in [5.74, 6) is 0.796. The van der Waals surface area contributed by atoms with Crippen molar-refractivity contribution in [1.82, 2.24) is 19.8 Å². The molecular weight excluding hydrogens is 500 g/mol. The Balaban J connectivity index is 0. The summed E-state index contributed by atoms with van der Waals surface area (Å²) in [7, 11) is 3.15. The minimum atomic E-state index is -0.138. The Labute approximate surface area is 245 Å². The lowest BCUT2D eigenvalue weighted by Crippen LogP contribution is -2.27. The standard InChI is InChI=1S/C18H25N3O2.C7H11N.C3H8.2C2H6.CH4O/c1-4-21(3)8-6-18(2)10-14(18)11-20-17(22)15-9-13-5-7-19-12-16(13)23-15;1-3-8-6-4-5-7(8)2;1-3-2;3*1-2/h5,7,9,12,14H,4,6,8,10-11H2,1-3H3,(H,20,22);4-6H,3H2,1-2H3;3H2,1-2H3;2*1-2H3;2H,1H3. The van der Waals surface area contributed by atoms with Gasteiger partial charge in [-0.05, 0) is 82.4 Å². The van der Waals surface area contributed by atoms with Gasteiger partial charge in [-0.1, -0.05) is 61.8 Å². The van der Waals surface area contributed by atoms with Crippen LogP contribution in [0.1, 0.15) is 97.8 Å². The van der Waals surface area contributed by atoms with E-state index >= 15 is 0 Å². The maximum atomic E-state index is 12.2. The fraction of sp³-hybridized carbons (Fsp3) is 0.636. The van der Waals surface area contributed by atoms with E-state index in [2.05, 4.69) is 86.7 Å². The van der Waals surface area contributed by atoms with E-state index in [0.717, 1.165) is 38.7 Å². The van der Waals surface area contributed by atoms with Crippen molar-refractivity contribution in [3.05, 3.63) is 54.3 Å². The van der Waals surface area contributed by atoms with Crippen LogP contribution in [0.3, 0.4) is 0 Å². The summed E-state index contributed by atoms with van der Waals surface area (Å²) in [5.41, 5.74) is 2.36. The number of fused-ring (bicyclic) bond motifs is 1. The van der Waals surface area contributed by atoms with Crippen molar-refractivity contribution < 1.29 is 14.3 Å². The SMILES string of the molecule is CC.CC.CCC.CCN(C)CCC1(C)CC1CNC(=O)c1cc2ccncc2o1.CCn1cccc1C.CO. The Morgan fingerprint density at radius 3 is 2.27 bits per heavy atom. The van der Waals surface area contributed by atoms with Crippen LogP contribution in [0.25, 0.3) is 11.0 Å². The first-order valence-corrected chi connectivity index (χ1v) is 15.1. The number of amides is 1. The van der Waals surface area contributed by atoms with Gasteiger partial charge in [0, 0.05) is 43.7 Å². The van der Waals surface area contributed by atoms with Crippen LogP contribution >= 0.6 is 0 Å². The molecule has 2 atom stereocenters. The molecule has 0 aromatic carbocycles. The zero-order valence-corrected chi connectivity index (χ0v) is 27.7. The van der Waals surface area contributed by atoms with Crippen molar-refractivity contribution in [1.29, 1.82) is 0 Å². The minimum Gasteiger partial charge on any atom is -0.449 e. The zero-order valence-electron chi connectivity index (χ0n) is 27.7. The molecule has 0 radical (unpaired) electrons. The number of carbonyl (C=O) groups is 1. The van der Waals surface area contributed by atoms with Crippen molar-refractivity contribution in [3.63, 3.8) is 0 Å². The number of aliphatic hydroxyl groups excluding tert-OH is 1. The second kappa shape index (κ2) is 23.1. The Morgan fingerprint density at radius 2 is 1.80 bits per heavy atom. The van der Waals surface area contributed by atoms with Crippen LogP contribution in [0.4, 0.5) is 0 Å². The summed E-state index contributed by atoms with van der Waals surface area (Å²) >= 11 is 0. The van der Waals surface area contributed by atoms with Crippen LogP contribution in [0.5, 0.6) is 0 Å². The molecule has 3 aromatic rings. The number of aryl methyl sites for hydroxylation is 2. The number of aromatic nitrogens is 2. The molecule has 3 aromatic heterocycles. The van der Waals surface area contributed by atoms with Crippen LogP contribution in [0.2, 0.25) is 0 Å². The van der Waals surface area contributed by atoms with Crippen molar-refractivity contribution in [2.24, 2.45) is 11.3 Å². The number of pyridine rings is 1. The second-order valence-electron chi connectivity index (χ2n) is 9.58. The van der Waals surface area contributed by atoms with Crippen LogP contribution in [-0.2, 0) is 6.54 Å². The van der Waals surface area contributed by atoms with Gasteiger partial charge < -0.3 is 24.3 Å². The molecule has 2 N–H and O–H groups in total. The molecule has 1 aliphatic rings. The van der Waals surface area contributed by atoms with Crippen LogP contribution in [0, 0.1) is 18.3 Å². The maximum Gasteiger partial charge on any atom is 0.287 e. The van der Waals surface area contributed by atoms with E-state index in [-0.39, 0.29) is 5.91 Å². The zero-order chi connectivity index (χ0) is 31.1. The van der Waals surface area contributed by atoms with Gasteiger partial charge in [0.15, 0.2) is 11.3 Å². The van der Waals surface area contributed by atoms with E-state index < -0.39 is 0 Å². The Bertz CT molecular complexity index is 981. The molecule has 2 unspecified atom stereocenters. The Hall–Kier alpha value is -2.64. The number of rotatable bonds is 8. The normalized spacial score (nSPS) is 16.3. The number of aliphatic hydroxyl groups is 1. The molecule has 0 bridgehead atoms. The van der Waals surface area contributed by atoms with E-state index in [1.165, 1.54) is 25.0 Å². The van der Waals surface area contributed by atoms with Gasteiger partial charge in [-0.3, -0.25) is 9.78 Å². The van der Waals surface area contributed by atoms with Crippen molar-refractivity contribution >= 4 is 16.9 Å². The summed E-state index contributed by atoms with van der Waals surface area (Å²) < 4.78 is 7.76. The highest BCUT2D eigenvalue weighted by Gasteiger charge is 2.49. The van der Waals surface area contributed by atoms with Gasteiger partial charge >= 0.3 is 0 Å². The van der Waals surface area contributed by atoms with Crippen molar-refractivity contribution in [3.8, 4) is 0 Å². The molecule has 1 aliphatic carbocycles. The molecule has 4 rings (SSSR count). The molecule has 7 heteroatoms. The number of hydrogen-bond donors (Lipinski definition) is 2. The molecule has 40 heavy (non-hydrogen) atoms. The molecule has 0 saturated heterocycles. The fourth-order valence-corrected chi connectivity index (χ4v) is 3.89. The highest BCUT2D eigenvalue weighted by atomic mass is 16.3. The number of carbonyl (C=O) groups excluding carboxylic acids is 1. The summed E-state index contributed by atoms with van der Waals surface area (Å²) in [5, 5.41) is 10.9. The molecule has 1 saturated carbocycles. The summed E-state index contributed by atoms with van der Waals surface area (Å²) in [6.07, 6.45) is 9.05. The van der Waals surface area contributed by atoms with Gasteiger partial charge in [0.1, 0.15) is 0 Å². The van der Waals surface area contributed by atoms with E-state index in [4.69, 9.17) is 9.52 Å². The van der Waals surface area contributed by atoms with Gasteiger partial charge in [-0.2, -0.15) is 0 Å². The minimum absolute atomic E-state index is 0.138. The van der Waals surface area contributed by atoms with E-state index in [9.17, 15) is 4.79 Å². The lowest BCUT2D eigenvalue weighted by atomic mass is 10.0. The Morgan fingerprint density at radius 1 is 1.18 bits per heavy atom. The molecule has 0 aliphatic heterocycles.